The van der Waals surface area contributed by atoms with Crippen molar-refractivity contribution in [3.63, 3.8) is 0 Å². The van der Waals surface area contributed by atoms with Crippen molar-refractivity contribution in [2.24, 2.45) is 0 Å². The first-order valence-electron chi connectivity index (χ1n) is 5.31. The van der Waals surface area contributed by atoms with Crippen LogP contribution in [0.15, 0.2) is 0 Å². The van der Waals surface area contributed by atoms with E-state index in [1.807, 2.05) is 11.8 Å². The van der Waals surface area contributed by atoms with E-state index in [1.165, 1.54) is 21.8 Å². The van der Waals surface area contributed by atoms with Crippen molar-refractivity contribution in [1.29, 1.82) is 0 Å². The molecule has 0 atom stereocenters. The summed E-state index contributed by atoms with van der Waals surface area (Å²) in [5.41, 5.74) is 7.53. The number of thiophene rings is 1. The Bertz CT molecular complexity index is 653. The zero-order valence-corrected chi connectivity index (χ0v) is 12.8. The van der Waals surface area contributed by atoms with Crippen LogP contribution >= 0.6 is 46.7 Å². The lowest BCUT2D eigenvalue weighted by Crippen LogP contribution is -2.22. The average Bonchev–Trinajstić information content (AvgIpc) is 2.53. The van der Waals surface area contributed by atoms with E-state index in [1.54, 1.807) is 11.3 Å². The van der Waals surface area contributed by atoms with Crippen LogP contribution in [0.1, 0.15) is 24.3 Å². The summed E-state index contributed by atoms with van der Waals surface area (Å²) in [6.45, 7) is 4.58. The van der Waals surface area contributed by atoms with E-state index in [4.69, 9.17) is 18.0 Å². The Kier molecular flexibility index (Phi) is 2.74. The van der Waals surface area contributed by atoms with E-state index in [0.29, 0.717) is 8.70 Å². The summed E-state index contributed by atoms with van der Waals surface area (Å²) < 4.78 is 0.936. The summed E-state index contributed by atoms with van der Waals surface area (Å²) >= 11 is 10.3. The first-order valence-corrected chi connectivity index (χ1v) is 8.34. The van der Waals surface area contributed by atoms with Crippen LogP contribution in [0.25, 0.3) is 10.2 Å². The number of nitrogen functional groups attached to an aromatic ring is 1. The van der Waals surface area contributed by atoms with Crippen LogP contribution in [-0.2, 0) is 12.2 Å². The molecule has 90 valence electrons. The fraction of sp³-hybridized carbons (Fsp3) is 0.455. The van der Waals surface area contributed by atoms with Gasteiger partial charge < -0.3 is 5.73 Å². The molecule has 0 spiro atoms. The molecular weight excluding hydrogens is 288 g/mol. The van der Waals surface area contributed by atoms with Gasteiger partial charge in [-0.15, -0.1) is 23.1 Å². The first-order chi connectivity index (χ1) is 7.96. The lowest BCUT2D eigenvalue weighted by molar-refractivity contribution is 0.700. The summed E-state index contributed by atoms with van der Waals surface area (Å²) in [6.07, 6.45) is 1.07. The molecule has 1 aliphatic heterocycles. The van der Waals surface area contributed by atoms with Gasteiger partial charge >= 0.3 is 0 Å². The summed E-state index contributed by atoms with van der Waals surface area (Å²) in [4.78, 5) is 6.90. The normalized spacial score (nSPS) is 18.2. The van der Waals surface area contributed by atoms with Gasteiger partial charge in [0.2, 0.25) is 0 Å². The standard InChI is InChI=1S/C11H12N2S4/c1-11(2)3-5-6(4-15-11)16-9-7(5)8(12)17-10(14)13-9/h3-4,12H2,1-2H3. The van der Waals surface area contributed by atoms with Crippen molar-refractivity contribution in [3.05, 3.63) is 14.4 Å². The molecule has 2 N–H and O–H groups in total. The summed E-state index contributed by atoms with van der Waals surface area (Å²) in [6, 6.07) is 0. The van der Waals surface area contributed by atoms with Crippen LogP contribution < -0.4 is 5.73 Å². The number of fused-ring (bicyclic) bond motifs is 3. The molecule has 2 aromatic heterocycles. The number of hydrogen-bond donors (Lipinski definition) is 1. The zero-order chi connectivity index (χ0) is 12.2. The monoisotopic (exact) mass is 300 g/mol. The van der Waals surface area contributed by atoms with Crippen LogP contribution in [0.4, 0.5) is 5.00 Å². The van der Waals surface area contributed by atoms with Crippen molar-refractivity contribution in [2.75, 3.05) is 5.73 Å². The molecular formula is C11H12N2S4. The Morgan fingerprint density at radius 1 is 1.35 bits per heavy atom. The first kappa shape index (κ1) is 11.9. The second kappa shape index (κ2) is 3.91. The number of rotatable bonds is 0. The molecule has 0 amide bonds. The third-order valence-corrected chi connectivity index (χ3v) is 6.60. The highest BCUT2D eigenvalue weighted by atomic mass is 32.2. The molecule has 2 aromatic rings. The summed E-state index contributed by atoms with van der Waals surface area (Å²) in [7, 11) is 0. The third kappa shape index (κ3) is 2.01. The highest BCUT2D eigenvalue weighted by molar-refractivity contribution is 8.00. The number of thioether (sulfide) groups is 1. The molecule has 0 aliphatic carbocycles. The Labute approximate surface area is 117 Å². The number of hydrogen-bond acceptors (Lipinski definition) is 6. The largest absolute Gasteiger partial charge is 0.390 e. The smallest absolute Gasteiger partial charge is 0.183 e. The molecule has 0 aromatic carbocycles. The van der Waals surface area contributed by atoms with E-state index < -0.39 is 0 Å². The van der Waals surface area contributed by atoms with Crippen LogP contribution in [0, 0.1) is 3.95 Å². The van der Waals surface area contributed by atoms with Crippen molar-refractivity contribution < 1.29 is 0 Å². The molecule has 0 radical (unpaired) electrons. The molecule has 6 heteroatoms. The lowest BCUT2D eigenvalue weighted by atomic mass is 10.00. The van der Waals surface area contributed by atoms with Gasteiger partial charge in [-0.25, -0.2) is 4.98 Å². The van der Waals surface area contributed by atoms with E-state index >= 15 is 0 Å². The van der Waals surface area contributed by atoms with Crippen molar-refractivity contribution in [2.45, 2.75) is 30.8 Å². The molecule has 0 saturated carbocycles. The van der Waals surface area contributed by atoms with Crippen LogP contribution in [0.5, 0.6) is 0 Å². The third-order valence-electron chi connectivity index (χ3n) is 2.91. The second-order valence-electron chi connectivity index (χ2n) is 4.75. The van der Waals surface area contributed by atoms with Gasteiger partial charge in [0.1, 0.15) is 4.83 Å². The fourth-order valence-corrected chi connectivity index (χ4v) is 5.67. The minimum Gasteiger partial charge on any atom is -0.390 e. The molecule has 0 bridgehead atoms. The number of nitrogens with two attached hydrogens (primary N) is 1. The molecule has 3 rings (SSSR count). The van der Waals surface area contributed by atoms with Gasteiger partial charge in [-0.3, -0.25) is 0 Å². The van der Waals surface area contributed by atoms with Crippen molar-refractivity contribution in [3.8, 4) is 0 Å². The SMILES string of the molecule is CC1(C)Cc2c(sc3nc(=S)sc(N)c23)CS1. The molecule has 2 nitrogen and oxygen atoms in total. The summed E-state index contributed by atoms with van der Waals surface area (Å²) in [5.74, 6) is 1.07. The van der Waals surface area contributed by atoms with Gasteiger partial charge in [0, 0.05) is 20.8 Å². The predicted molar refractivity (Wildman–Crippen MR) is 81.8 cm³/mol. The predicted octanol–water partition coefficient (Wildman–Crippen LogP) is 4.24. The fourth-order valence-electron chi connectivity index (χ4n) is 2.12. The second-order valence-corrected chi connectivity index (χ2v) is 9.20. The van der Waals surface area contributed by atoms with Crippen LogP contribution in [-0.4, -0.2) is 9.73 Å². The van der Waals surface area contributed by atoms with E-state index in [2.05, 4.69) is 18.8 Å². The maximum atomic E-state index is 6.13. The van der Waals surface area contributed by atoms with E-state index in [0.717, 1.165) is 27.4 Å². The lowest BCUT2D eigenvalue weighted by Gasteiger charge is -2.28. The van der Waals surface area contributed by atoms with Crippen LogP contribution in [0.2, 0.25) is 0 Å². The van der Waals surface area contributed by atoms with Crippen LogP contribution in [0.3, 0.4) is 0 Å². The van der Waals surface area contributed by atoms with Gasteiger partial charge in [0.25, 0.3) is 0 Å². The molecule has 0 saturated heterocycles. The Morgan fingerprint density at radius 2 is 2.12 bits per heavy atom. The van der Waals surface area contributed by atoms with E-state index in [-0.39, 0.29) is 0 Å². The minimum absolute atomic E-state index is 0.296. The Hall–Kier alpha value is -0.170. The van der Waals surface area contributed by atoms with Gasteiger partial charge in [-0.1, -0.05) is 25.2 Å². The molecule has 1 aliphatic rings. The van der Waals surface area contributed by atoms with Crippen molar-refractivity contribution >= 4 is 61.9 Å². The molecule has 0 unspecified atom stereocenters. The van der Waals surface area contributed by atoms with Gasteiger partial charge in [0.05, 0.1) is 5.00 Å². The number of aromatic nitrogens is 1. The van der Waals surface area contributed by atoms with E-state index in [9.17, 15) is 0 Å². The molecule has 3 heterocycles. The zero-order valence-electron chi connectivity index (χ0n) is 9.57. The van der Waals surface area contributed by atoms with Gasteiger partial charge in [-0.05, 0) is 24.2 Å². The Morgan fingerprint density at radius 3 is 2.88 bits per heavy atom. The highest BCUT2D eigenvalue weighted by Crippen LogP contribution is 2.46. The minimum atomic E-state index is 0.296. The summed E-state index contributed by atoms with van der Waals surface area (Å²) in [5, 5.41) is 2.00. The molecule has 0 fully saturated rings. The highest BCUT2D eigenvalue weighted by Gasteiger charge is 2.29. The topological polar surface area (TPSA) is 38.9 Å². The quantitative estimate of drug-likeness (QED) is 0.739. The van der Waals surface area contributed by atoms with Gasteiger partial charge in [-0.2, -0.15) is 0 Å². The number of nitrogens with zero attached hydrogens (tertiary/aromatic N) is 1. The Balaban J connectivity index is 2.32. The maximum Gasteiger partial charge on any atom is 0.183 e. The maximum absolute atomic E-state index is 6.13. The average molecular weight is 300 g/mol. The molecule has 17 heavy (non-hydrogen) atoms. The van der Waals surface area contributed by atoms with Gasteiger partial charge in [0.15, 0.2) is 3.95 Å². The number of anilines is 1. The van der Waals surface area contributed by atoms with Crippen molar-refractivity contribution in [1.82, 2.24) is 4.98 Å².